The van der Waals surface area contributed by atoms with E-state index in [4.69, 9.17) is 4.74 Å². The molecule has 152 valence electrons. The molecule has 2 aromatic rings. The third kappa shape index (κ3) is 6.17. The Balaban J connectivity index is 2.06. The Bertz CT molecular complexity index is 856. The Labute approximate surface area is 171 Å². The van der Waals surface area contributed by atoms with Gasteiger partial charge in [0.2, 0.25) is 15.9 Å². The molecule has 0 aliphatic rings. The fourth-order valence-electron chi connectivity index (χ4n) is 2.77. The van der Waals surface area contributed by atoms with E-state index in [2.05, 4.69) is 5.32 Å². The number of hydrogen-bond acceptors (Lipinski definition) is 5. The van der Waals surface area contributed by atoms with Gasteiger partial charge in [0.25, 0.3) is 0 Å². The number of carbonyl (C=O) groups excluding carboxylic acids is 1. The predicted octanol–water partition coefficient (Wildman–Crippen LogP) is 3.15. The maximum absolute atomic E-state index is 12.7. The van der Waals surface area contributed by atoms with Crippen molar-refractivity contribution in [2.45, 2.75) is 24.3 Å². The molecule has 6 nitrogen and oxygen atoms in total. The second-order valence-electron chi connectivity index (χ2n) is 6.13. The molecule has 1 atom stereocenters. The summed E-state index contributed by atoms with van der Waals surface area (Å²) in [5, 5.41) is 2.86. The van der Waals surface area contributed by atoms with E-state index in [-0.39, 0.29) is 5.91 Å². The first-order chi connectivity index (χ1) is 13.4. The van der Waals surface area contributed by atoms with Crippen LogP contribution in [0.15, 0.2) is 59.5 Å². The summed E-state index contributed by atoms with van der Waals surface area (Å²) in [7, 11) is -2.10. The molecule has 1 amide bonds. The first-order valence-electron chi connectivity index (χ1n) is 8.95. The number of carbonyl (C=O) groups is 1. The number of hydrogen-bond donors (Lipinski definition) is 1. The Morgan fingerprint density at radius 1 is 1.14 bits per heavy atom. The van der Waals surface area contributed by atoms with Gasteiger partial charge < -0.3 is 10.1 Å². The Morgan fingerprint density at radius 2 is 1.79 bits per heavy atom. The molecule has 0 spiro atoms. The van der Waals surface area contributed by atoms with E-state index in [9.17, 15) is 13.2 Å². The van der Waals surface area contributed by atoms with Crippen LogP contribution in [0.3, 0.4) is 0 Å². The lowest BCUT2D eigenvalue weighted by atomic mass is 10.2. The second kappa shape index (κ2) is 10.4. The lowest BCUT2D eigenvalue weighted by Gasteiger charge is -2.30. The van der Waals surface area contributed by atoms with Crippen molar-refractivity contribution in [2.24, 2.45) is 0 Å². The minimum Gasteiger partial charge on any atom is -0.497 e. The topological polar surface area (TPSA) is 75.7 Å². The lowest BCUT2D eigenvalue weighted by Crippen LogP contribution is -2.49. The van der Waals surface area contributed by atoms with Gasteiger partial charge >= 0.3 is 0 Å². The number of thioether (sulfide) groups is 1. The minimum atomic E-state index is -3.64. The second-order valence-corrected chi connectivity index (χ2v) is 9.16. The van der Waals surface area contributed by atoms with Crippen LogP contribution < -0.4 is 14.4 Å². The van der Waals surface area contributed by atoms with Crippen LogP contribution in [0.4, 0.5) is 5.69 Å². The molecule has 0 fully saturated rings. The SMILES string of the molecule is CCC(C(=O)NCCSc1ccccc1)N(c1ccc(OC)cc1)S(C)(=O)=O. The summed E-state index contributed by atoms with van der Waals surface area (Å²) >= 11 is 1.64. The number of nitrogens with one attached hydrogen (secondary N) is 1. The quantitative estimate of drug-likeness (QED) is 0.470. The highest BCUT2D eigenvalue weighted by Gasteiger charge is 2.31. The fraction of sp³-hybridized carbons (Fsp3) is 0.350. The van der Waals surface area contributed by atoms with Gasteiger partial charge in [0, 0.05) is 17.2 Å². The Hall–Kier alpha value is -2.19. The van der Waals surface area contributed by atoms with E-state index in [1.54, 1.807) is 50.1 Å². The zero-order valence-corrected chi connectivity index (χ0v) is 17.9. The molecule has 8 heteroatoms. The summed E-state index contributed by atoms with van der Waals surface area (Å²) in [6.45, 7) is 2.25. The van der Waals surface area contributed by atoms with Gasteiger partial charge in [0.15, 0.2) is 0 Å². The van der Waals surface area contributed by atoms with Crippen molar-refractivity contribution in [3.63, 3.8) is 0 Å². The standard InChI is InChI=1S/C20H26N2O4S2/c1-4-19(20(23)21-14-15-27-18-8-6-5-7-9-18)22(28(3,24)25)16-10-12-17(26-2)13-11-16/h5-13,19H,4,14-15H2,1-3H3,(H,21,23). The highest BCUT2D eigenvalue weighted by atomic mass is 32.2. The van der Waals surface area contributed by atoms with Crippen molar-refractivity contribution >= 4 is 33.4 Å². The molecule has 0 aromatic heterocycles. The summed E-state index contributed by atoms with van der Waals surface area (Å²) < 4.78 is 31.1. The fourth-order valence-corrected chi connectivity index (χ4v) is 4.77. The molecule has 28 heavy (non-hydrogen) atoms. The Kier molecular flexibility index (Phi) is 8.19. The van der Waals surface area contributed by atoms with Crippen LogP contribution in [-0.4, -0.2) is 46.0 Å². The molecule has 2 aromatic carbocycles. The van der Waals surface area contributed by atoms with Crippen molar-refractivity contribution < 1.29 is 17.9 Å². The highest BCUT2D eigenvalue weighted by molar-refractivity contribution is 7.99. The van der Waals surface area contributed by atoms with Crippen molar-refractivity contribution in [3.8, 4) is 5.75 Å². The van der Waals surface area contributed by atoms with E-state index < -0.39 is 16.1 Å². The van der Waals surface area contributed by atoms with Crippen LogP contribution in [0.1, 0.15) is 13.3 Å². The van der Waals surface area contributed by atoms with Gasteiger partial charge in [-0.3, -0.25) is 9.10 Å². The van der Waals surface area contributed by atoms with Gasteiger partial charge in [-0.05, 0) is 42.8 Å². The van der Waals surface area contributed by atoms with Crippen molar-refractivity contribution in [3.05, 3.63) is 54.6 Å². The third-order valence-corrected chi connectivity index (χ3v) is 6.26. The summed E-state index contributed by atoms with van der Waals surface area (Å²) in [6.07, 6.45) is 1.47. The number of methoxy groups -OCH3 is 1. The van der Waals surface area contributed by atoms with Crippen LogP contribution in [0.5, 0.6) is 5.75 Å². The molecule has 1 unspecified atom stereocenters. The number of nitrogens with zero attached hydrogens (tertiary/aromatic N) is 1. The molecule has 0 bridgehead atoms. The molecule has 0 radical (unpaired) electrons. The van der Waals surface area contributed by atoms with Gasteiger partial charge in [-0.1, -0.05) is 25.1 Å². The summed E-state index contributed by atoms with van der Waals surface area (Å²) in [5.74, 6) is 1.01. The third-order valence-electron chi connectivity index (χ3n) is 4.07. The van der Waals surface area contributed by atoms with E-state index in [0.717, 1.165) is 11.2 Å². The Morgan fingerprint density at radius 3 is 2.32 bits per heavy atom. The maximum Gasteiger partial charge on any atom is 0.243 e. The molecule has 0 heterocycles. The van der Waals surface area contributed by atoms with Crippen LogP contribution in [0.25, 0.3) is 0 Å². The molecular formula is C20H26N2O4S2. The number of anilines is 1. The minimum absolute atomic E-state index is 0.308. The van der Waals surface area contributed by atoms with E-state index >= 15 is 0 Å². The van der Waals surface area contributed by atoms with Gasteiger partial charge in [-0.15, -0.1) is 11.8 Å². The van der Waals surface area contributed by atoms with Crippen LogP contribution in [0.2, 0.25) is 0 Å². The van der Waals surface area contributed by atoms with E-state index in [0.29, 0.717) is 30.2 Å². The first kappa shape index (κ1) is 22.1. The van der Waals surface area contributed by atoms with Gasteiger partial charge in [0.1, 0.15) is 11.8 Å². The van der Waals surface area contributed by atoms with E-state index in [1.807, 2.05) is 30.3 Å². The van der Waals surface area contributed by atoms with Crippen LogP contribution >= 0.6 is 11.8 Å². The van der Waals surface area contributed by atoms with Gasteiger partial charge in [-0.25, -0.2) is 8.42 Å². The molecule has 0 aliphatic heterocycles. The number of sulfonamides is 1. The summed E-state index contributed by atoms with van der Waals surface area (Å²) in [6, 6.07) is 15.7. The predicted molar refractivity (Wildman–Crippen MR) is 115 cm³/mol. The molecule has 0 aliphatic carbocycles. The van der Waals surface area contributed by atoms with Crippen LogP contribution in [0, 0.1) is 0 Å². The zero-order chi connectivity index (χ0) is 20.6. The first-order valence-corrected chi connectivity index (χ1v) is 11.8. The number of rotatable bonds is 10. The average Bonchev–Trinajstić information content (AvgIpc) is 2.69. The maximum atomic E-state index is 12.7. The zero-order valence-electron chi connectivity index (χ0n) is 16.3. The smallest absolute Gasteiger partial charge is 0.243 e. The highest BCUT2D eigenvalue weighted by Crippen LogP contribution is 2.25. The largest absolute Gasteiger partial charge is 0.497 e. The van der Waals surface area contributed by atoms with Gasteiger partial charge in [-0.2, -0.15) is 0 Å². The lowest BCUT2D eigenvalue weighted by molar-refractivity contribution is -0.122. The van der Waals surface area contributed by atoms with Crippen molar-refractivity contribution in [1.29, 1.82) is 0 Å². The molecule has 0 saturated heterocycles. The van der Waals surface area contributed by atoms with Crippen molar-refractivity contribution in [2.75, 3.05) is 30.0 Å². The number of amides is 1. The van der Waals surface area contributed by atoms with E-state index in [1.165, 1.54) is 4.31 Å². The molecule has 0 saturated carbocycles. The average molecular weight is 423 g/mol. The molecule has 1 N–H and O–H groups in total. The molecule has 2 rings (SSSR count). The summed E-state index contributed by atoms with van der Waals surface area (Å²) in [5.41, 5.74) is 0.434. The van der Waals surface area contributed by atoms with Gasteiger partial charge in [0.05, 0.1) is 19.1 Å². The summed E-state index contributed by atoms with van der Waals surface area (Å²) in [4.78, 5) is 13.8. The van der Waals surface area contributed by atoms with Crippen LogP contribution in [-0.2, 0) is 14.8 Å². The normalized spacial score (nSPS) is 12.2. The number of ether oxygens (including phenoxy) is 1. The monoisotopic (exact) mass is 422 g/mol. The number of benzene rings is 2. The van der Waals surface area contributed by atoms with Crippen molar-refractivity contribution in [1.82, 2.24) is 5.32 Å². The molecular weight excluding hydrogens is 396 g/mol.